The van der Waals surface area contributed by atoms with Gasteiger partial charge in [0.1, 0.15) is 0 Å². The van der Waals surface area contributed by atoms with Gasteiger partial charge in [0, 0.05) is 17.5 Å². The second-order valence-corrected chi connectivity index (χ2v) is 4.93. The van der Waals surface area contributed by atoms with Crippen molar-refractivity contribution >= 4 is 22.6 Å². The maximum Gasteiger partial charge on any atom is 0.190 e. The molecule has 0 fully saturated rings. The van der Waals surface area contributed by atoms with E-state index in [0.717, 1.165) is 16.0 Å². The van der Waals surface area contributed by atoms with Crippen LogP contribution < -0.4 is 5.73 Å². The van der Waals surface area contributed by atoms with Crippen molar-refractivity contribution in [2.75, 3.05) is 5.73 Å². The molecule has 0 spiro atoms. The van der Waals surface area contributed by atoms with Crippen molar-refractivity contribution in [1.82, 2.24) is 0 Å². The van der Waals surface area contributed by atoms with Crippen molar-refractivity contribution in [2.24, 2.45) is 0 Å². The molecule has 0 saturated heterocycles. The monoisotopic (exact) mass is 243 g/mol. The van der Waals surface area contributed by atoms with Crippen LogP contribution in [0, 0.1) is 0 Å². The first-order chi connectivity index (χ1) is 8.16. The largest absolute Gasteiger partial charge is 0.399 e. The summed E-state index contributed by atoms with van der Waals surface area (Å²) in [4.78, 5) is 12.1. The van der Waals surface area contributed by atoms with Crippen molar-refractivity contribution in [3.63, 3.8) is 0 Å². The maximum absolute atomic E-state index is 11.2. The van der Waals surface area contributed by atoms with E-state index in [4.69, 9.17) is 5.73 Å². The molecule has 0 heterocycles. The molecule has 0 unspecified atom stereocenters. The number of nitrogens with two attached hydrogens (primary N) is 1. The molecule has 2 N–H and O–H groups in total. The summed E-state index contributed by atoms with van der Waals surface area (Å²) in [5.74, 6) is 0. The van der Waals surface area contributed by atoms with E-state index in [1.165, 1.54) is 11.8 Å². The molecule has 2 nitrogen and oxygen atoms in total. The molecule has 0 aliphatic heterocycles. The maximum atomic E-state index is 11.2. The van der Waals surface area contributed by atoms with Crippen LogP contribution in [-0.2, 0) is 4.79 Å². The molecule has 0 saturated carbocycles. The Bertz CT molecular complexity index is 537. The van der Waals surface area contributed by atoms with E-state index in [2.05, 4.69) is 0 Å². The summed E-state index contributed by atoms with van der Waals surface area (Å²) < 4.78 is 0. The third-order valence-corrected chi connectivity index (χ3v) is 3.19. The third kappa shape index (κ3) is 2.88. The Kier molecular flexibility index (Phi) is 3.49. The van der Waals surface area contributed by atoms with Crippen molar-refractivity contribution in [1.29, 1.82) is 0 Å². The molecule has 0 aromatic heterocycles. The highest BCUT2D eigenvalue weighted by Crippen LogP contribution is 2.33. The van der Waals surface area contributed by atoms with E-state index < -0.39 is 0 Å². The number of thioether (sulfide) groups is 1. The molecule has 0 aliphatic rings. The van der Waals surface area contributed by atoms with Gasteiger partial charge in [0.25, 0.3) is 0 Å². The van der Waals surface area contributed by atoms with Gasteiger partial charge in [-0.3, -0.25) is 4.79 Å². The van der Waals surface area contributed by atoms with Crippen LogP contribution in [0.5, 0.6) is 0 Å². The molecule has 3 heteroatoms. The fourth-order valence-corrected chi connectivity index (χ4v) is 2.43. The molecule has 86 valence electrons. The standard InChI is InChI=1S/C14H13NOS/c1-10(16)17-14-9-12(15)7-8-13(14)11-5-3-2-4-6-11/h2-9H,15H2,1H3. The lowest BCUT2D eigenvalue weighted by Gasteiger charge is -2.08. The van der Waals surface area contributed by atoms with Crippen LogP contribution in [0.3, 0.4) is 0 Å². The molecule has 0 atom stereocenters. The van der Waals surface area contributed by atoms with Gasteiger partial charge in [0.15, 0.2) is 5.12 Å². The minimum absolute atomic E-state index is 0.0628. The fourth-order valence-electron chi connectivity index (χ4n) is 1.63. The third-order valence-electron chi connectivity index (χ3n) is 2.34. The minimum Gasteiger partial charge on any atom is -0.399 e. The summed E-state index contributed by atoms with van der Waals surface area (Å²) in [5, 5.41) is 0.0628. The quantitative estimate of drug-likeness (QED) is 0.647. The van der Waals surface area contributed by atoms with Crippen LogP contribution in [0.15, 0.2) is 53.4 Å². The highest BCUT2D eigenvalue weighted by atomic mass is 32.2. The Morgan fingerprint density at radius 2 is 1.82 bits per heavy atom. The van der Waals surface area contributed by atoms with Gasteiger partial charge in [-0.05, 0) is 23.3 Å². The highest BCUT2D eigenvalue weighted by Gasteiger charge is 2.08. The molecule has 17 heavy (non-hydrogen) atoms. The summed E-state index contributed by atoms with van der Waals surface area (Å²) >= 11 is 1.22. The van der Waals surface area contributed by atoms with Crippen LogP contribution in [0.1, 0.15) is 6.92 Å². The second-order valence-electron chi connectivity index (χ2n) is 3.72. The van der Waals surface area contributed by atoms with Gasteiger partial charge in [0.05, 0.1) is 0 Å². The smallest absolute Gasteiger partial charge is 0.190 e. The van der Waals surface area contributed by atoms with E-state index in [1.807, 2.05) is 48.5 Å². The van der Waals surface area contributed by atoms with Gasteiger partial charge in [-0.15, -0.1) is 0 Å². The lowest BCUT2D eigenvalue weighted by Crippen LogP contribution is -1.90. The zero-order chi connectivity index (χ0) is 12.3. The predicted molar refractivity (Wildman–Crippen MR) is 72.8 cm³/mol. The van der Waals surface area contributed by atoms with Crippen molar-refractivity contribution < 1.29 is 4.79 Å². The van der Waals surface area contributed by atoms with Gasteiger partial charge in [-0.1, -0.05) is 48.2 Å². The average molecular weight is 243 g/mol. The average Bonchev–Trinajstić information content (AvgIpc) is 2.29. The molecule has 0 amide bonds. The Hall–Kier alpha value is -1.74. The van der Waals surface area contributed by atoms with E-state index in [1.54, 1.807) is 6.92 Å². The van der Waals surface area contributed by atoms with Crippen molar-refractivity contribution in [3.05, 3.63) is 48.5 Å². The van der Waals surface area contributed by atoms with Crippen LogP contribution in [0.2, 0.25) is 0 Å². The number of carbonyl (C=O) groups excluding carboxylic acids is 1. The molecule has 0 aliphatic carbocycles. The highest BCUT2D eigenvalue weighted by molar-refractivity contribution is 8.13. The molecule has 2 rings (SSSR count). The fraction of sp³-hybridized carbons (Fsp3) is 0.0714. The number of nitrogen functional groups attached to an aromatic ring is 1. The number of rotatable bonds is 2. The summed E-state index contributed by atoms with van der Waals surface area (Å²) in [5.41, 5.74) is 8.57. The first kappa shape index (κ1) is 11.7. The number of hydrogen-bond acceptors (Lipinski definition) is 3. The lowest BCUT2D eigenvalue weighted by atomic mass is 10.1. The normalized spacial score (nSPS) is 10.2. The van der Waals surface area contributed by atoms with E-state index in [-0.39, 0.29) is 5.12 Å². The van der Waals surface area contributed by atoms with Gasteiger partial charge >= 0.3 is 0 Å². The number of anilines is 1. The number of benzene rings is 2. The van der Waals surface area contributed by atoms with E-state index in [9.17, 15) is 4.79 Å². The Morgan fingerprint density at radius 3 is 2.47 bits per heavy atom. The number of hydrogen-bond donors (Lipinski definition) is 1. The van der Waals surface area contributed by atoms with Gasteiger partial charge < -0.3 is 5.73 Å². The topological polar surface area (TPSA) is 43.1 Å². The van der Waals surface area contributed by atoms with Crippen LogP contribution >= 0.6 is 11.8 Å². The second kappa shape index (κ2) is 5.06. The van der Waals surface area contributed by atoms with E-state index >= 15 is 0 Å². The molecule has 2 aromatic rings. The van der Waals surface area contributed by atoms with Crippen LogP contribution in [-0.4, -0.2) is 5.12 Å². The van der Waals surface area contributed by atoms with Crippen LogP contribution in [0.25, 0.3) is 11.1 Å². The zero-order valence-corrected chi connectivity index (χ0v) is 10.3. The first-order valence-electron chi connectivity index (χ1n) is 5.30. The summed E-state index contributed by atoms with van der Waals surface area (Å²) in [7, 11) is 0. The van der Waals surface area contributed by atoms with Crippen molar-refractivity contribution in [2.45, 2.75) is 11.8 Å². The summed E-state index contributed by atoms with van der Waals surface area (Å²) in [6, 6.07) is 15.6. The van der Waals surface area contributed by atoms with Gasteiger partial charge in [0.2, 0.25) is 0 Å². The molecule has 0 bridgehead atoms. The Balaban J connectivity index is 2.50. The molecular formula is C14H13NOS. The summed E-state index contributed by atoms with van der Waals surface area (Å²) in [6.45, 7) is 1.56. The summed E-state index contributed by atoms with van der Waals surface area (Å²) in [6.07, 6.45) is 0. The van der Waals surface area contributed by atoms with Crippen molar-refractivity contribution in [3.8, 4) is 11.1 Å². The van der Waals surface area contributed by atoms with E-state index in [0.29, 0.717) is 5.69 Å². The zero-order valence-electron chi connectivity index (χ0n) is 9.51. The molecular weight excluding hydrogens is 230 g/mol. The Labute approximate surface area is 105 Å². The predicted octanol–water partition coefficient (Wildman–Crippen LogP) is 3.57. The number of carbonyl (C=O) groups is 1. The SMILES string of the molecule is CC(=O)Sc1cc(N)ccc1-c1ccccc1. The first-order valence-corrected chi connectivity index (χ1v) is 6.12. The van der Waals surface area contributed by atoms with Crippen LogP contribution in [0.4, 0.5) is 5.69 Å². The van der Waals surface area contributed by atoms with Gasteiger partial charge in [-0.25, -0.2) is 0 Å². The minimum atomic E-state index is 0.0628. The van der Waals surface area contributed by atoms with Gasteiger partial charge in [-0.2, -0.15) is 0 Å². The molecule has 2 aromatic carbocycles. The molecule has 0 radical (unpaired) electrons. The lowest BCUT2D eigenvalue weighted by molar-refractivity contribution is -0.109. The Morgan fingerprint density at radius 1 is 1.12 bits per heavy atom.